The summed E-state index contributed by atoms with van der Waals surface area (Å²) in [5.74, 6) is 0.982. The van der Waals surface area contributed by atoms with E-state index in [2.05, 4.69) is 38.3 Å². The Kier molecular flexibility index (Phi) is 4.54. The maximum absolute atomic E-state index is 5.44. The molecular weight excluding hydrogens is 316 g/mol. The average Bonchev–Trinajstić information content (AvgIpc) is 2.93. The van der Waals surface area contributed by atoms with E-state index in [1.165, 1.54) is 18.5 Å². The Balaban J connectivity index is 0.00000120. The van der Waals surface area contributed by atoms with Crippen LogP contribution in [0.15, 0.2) is 22.7 Å². The predicted octanol–water partition coefficient (Wildman–Crippen LogP) is 2.43. The summed E-state index contributed by atoms with van der Waals surface area (Å²) < 4.78 is 6.52. The molecule has 1 aromatic rings. The number of piperazine rings is 1. The zero-order valence-corrected chi connectivity index (χ0v) is 12.8. The number of benzene rings is 1. The average molecular weight is 334 g/mol. The fraction of sp³-hybridized carbons (Fsp3) is 0.538. The Morgan fingerprint density at radius 1 is 1.50 bits per heavy atom. The SMILES string of the molecule is COc1cc(Br)ccc1CN1C[C@@H]2CC1CN2.Cl. The molecule has 2 fully saturated rings. The van der Waals surface area contributed by atoms with Crippen LogP contribution in [0.3, 0.4) is 0 Å². The van der Waals surface area contributed by atoms with Crippen molar-refractivity contribution in [2.45, 2.75) is 25.0 Å². The van der Waals surface area contributed by atoms with Crippen LogP contribution in [-0.2, 0) is 6.54 Å². The number of hydrogen-bond donors (Lipinski definition) is 1. The first-order valence-corrected chi connectivity index (χ1v) is 6.85. The van der Waals surface area contributed by atoms with Gasteiger partial charge in [0.05, 0.1) is 7.11 Å². The maximum Gasteiger partial charge on any atom is 0.124 e. The lowest BCUT2D eigenvalue weighted by Crippen LogP contribution is -2.43. The Bertz CT molecular complexity index is 429. The zero-order chi connectivity index (χ0) is 11.8. The zero-order valence-electron chi connectivity index (χ0n) is 10.4. The molecule has 0 saturated carbocycles. The van der Waals surface area contributed by atoms with Gasteiger partial charge in [-0.25, -0.2) is 0 Å². The van der Waals surface area contributed by atoms with Crippen LogP contribution in [0.4, 0.5) is 0 Å². The number of halogens is 2. The number of methoxy groups -OCH3 is 1. The Labute approximate surface area is 122 Å². The molecule has 2 heterocycles. The summed E-state index contributed by atoms with van der Waals surface area (Å²) >= 11 is 3.48. The van der Waals surface area contributed by atoms with Crippen LogP contribution in [0, 0.1) is 0 Å². The van der Waals surface area contributed by atoms with E-state index in [9.17, 15) is 0 Å². The third-order valence-electron chi connectivity index (χ3n) is 3.79. The summed E-state index contributed by atoms with van der Waals surface area (Å²) in [6, 6.07) is 7.71. The summed E-state index contributed by atoms with van der Waals surface area (Å²) in [5.41, 5.74) is 1.28. The van der Waals surface area contributed by atoms with Gasteiger partial charge in [0.1, 0.15) is 5.75 Å². The second-order valence-electron chi connectivity index (χ2n) is 4.88. The van der Waals surface area contributed by atoms with Gasteiger partial charge in [-0.05, 0) is 18.6 Å². The lowest BCUT2D eigenvalue weighted by Gasteiger charge is -2.27. The number of nitrogens with one attached hydrogen (secondary N) is 1. The van der Waals surface area contributed by atoms with Crippen molar-refractivity contribution < 1.29 is 4.74 Å². The molecule has 2 aliphatic heterocycles. The van der Waals surface area contributed by atoms with E-state index in [4.69, 9.17) is 4.74 Å². The Hall–Kier alpha value is -0.290. The van der Waals surface area contributed by atoms with Gasteiger partial charge < -0.3 is 10.1 Å². The van der Waals surface area contributed by atoms with Crippen LogP contribution in [0.5, 0.6) is 5.75 Å². The Morgan fingerprint density at radius 2 is 2.33 bits per heavy atom. The second-order valence-corrected chi connectivity index (χ2v) is 5.80. The smallest absolute Gasteiger partial charge is 0.124 e. The second kappa shape index (κ2) is 5.78. The van der Waals surface area contributed by atoms with E-state index >= 15 is 0 Å². The van der Waals surface area contributed by atoms with E-state index in [0.717, 1.165) is 23.3 Å². The van der Waals surface area contributed by atoms with Crippen LogP contribution >= 0.6 is 28.3 Å². The van der Waals surface area contributed by atoms with Gasteiger partial charge in [0.25, 0.3) is 0 Å². The minimum Gasteiger partial charge on any atom is -0.496 e. The molecule has 3 rings (SSSR count). The normalized spacial score (nSPS) is 26.1. The highest BCUT2D eigenvalue weighted by molar-refractivity contribution is 9.10. The van der Waals surface area contributed by atoms with Gasteiger partial charge in [-0.15, -0.1) is 12.4 Å². The summed E-state index contributed by atoms with van der Waals surface area (Å²) in [5, 5.41) is 3.53. The molecule has 0 aliphatic carbocycles. The van der Waals surface area contributed by atoms with Crippen molar-refractivity contribution in [3.63, 3.8) is 0 Å². The number of fused-ring (bicyclic) bond motifs is 2. The molecule has 3 nitrogen and oxygen atoms in total. The minimum atomic E-state index is 0. The topological polar surface area (TPSA) is 24.5 Å². The number of nitrogens with zero attached hydrogens (tertiary/aromatic N) is 1. The van der Waals surface area contributed by atoms with Crippen molar-refractivity contribution in [2.75, 3.05) is 20.2 Å². The van der Waals surface area contributed by atoms with Crippen LogP contribution < -0.4 is 10.1 Å². The maximum atomic E-state index is 5.44. The van der Waals surface area contributed by atoms with Crippen molar-refractivity contribution in [3.05, 3.63) is 28.2 Å². The molecule has 2 bridgehead atoms. The molecule has 100 valence electrons. The van der Waals surface area contributed by atoms with Gasteiger partial charge in [-0.3, -0.25) is 4.90 Å². The monoisotopic (exact) mass is 332 g/mol. The highest BCUT2D eigenvalue weighted by Crippen LogP contribution is 2.29. The summed E-state index contributed by atoms with van der Waals surface area (Å²) in [6.45, 7) is 3.31. The highest BCUT2D eigenvalue weighted by Gasteiger charge is 2.37. The summed E-state index contributed by atoms with van der Waals surface area (Å²) in [7, 11) is 1.74. The fourth-order valence-corrected chi connectivity index (χ4v) is 3.25. The molecule has 0 amide bonds. The van der Waals surface area contributed by atoms with E-state index in [1.54, 1.807) is 7.11 Å². The molecule has 18 heavy (non-hydrogen) atoms. The number of likely N-dealkylation sites (tertiary alicyclic amines) is 1. The molecule has 2 aliphatic rings. The third kappa shape index (κ3) is 2.67. The number of ether oxygens (including phenoxy) is 1. The van der Waals surface area contributed by atoms with E-state index in [1.807, 2.05) is 6.07 Å². The van der Waals surface area contributed by atoms with Crippen molar-refractivity contribution in [1.29, 1.82) is 0 Å². The quantitative estimate of drug-likeness (QED) is 0.919. The molecule has 1 unspecified atom stereocenters. The van der Waals surface area contributed by atoms with E-state index in [0.29, 0.717) is 12.1 Å². The van der Waals surface area contributed by atoms with Gasteiger partial charge in [0.15, 0.2) is 0 Å². The van der Waals surface area contributed by atoms with Gasteiger partial charge in [-0.1, -0.05) is 22.0 Å². The van der Waals surface area contributed by atoms with Crippen molar-refractivity contribution in [3.8, 4) is 5.75 Å². The van der Waals surface area contributed by atoms with Crippen molar-refractivity contribution in [2.24, 2.45) is 0 Å². The number of hydrogen-bond acceptors (Lipinski definition) is 3. The molecule has 0 aromatic heterocycles. The minimum absolute atomic E-state index is 0. The molecule has 1 aromatic carbocycles. The van der Waals surface area contributed by atoms with Crippen molar-refractivity contribution in [1.82, 2.24) is 10.2 Å². The van der Waals surface area contributed by atoms with Crippen LogP contribution in [-0.4, -0.2) is 37.2 Å². The first-order chi connectivity index (χ1) is 8.26. The molecule has 2 atom stereocenters. The van der Waals surface area contributed by atoms with Crippen LogP contribution in [0.25, 0.3) is 0 Å². The van der Waals surface area contributed by atoms with Crippen LogP contribution in [0.1, 0.15) is 12.0 Å². The molecule has 0 spiro atoms. The fourth-order valence-electron chi connectivity index (χ4n) is 2.91. The Morgan fingerprint density at radius 3 is 2.94 bits per heavy atom. The predicted molar refractivity (Wildman–Crippen MR) is 78.5 cm³/mol. The molecule has 2 saturated heterocycles. The number of rotatable bonds is 3. The highest BCUT2D eigenvalue weighted by atomic mass is 79.9. The summed E-state index contributed by atoms with van der Waals surface area (Å²) in [6.07, 6.45) is 1.30. The molecule has 1 N–H and O–H groups in total. The van der Waals surface area contributed by atoms with E-state index < -0.39 is 0 Å². The lowest BCUT2D eigenvalue weighted by molar-refractivity contribution is 0.215. The van der Waals surface area contributed by atoms with Gasteiger partial charge in [0.2, 0.25) is 0 Å². The van der Waals surface area contributed by atoms with Gasteiger partial charge in [-0.2, -0.15) is 0 Å². The molecular formula is C13H18BrClN2O. The molecule has 0 radical (unpaired) electrons. The van der Waals surface area contributed by atoms with Crippen LogP contribution in [0.2, 0.25) is 0 Å². The largest absolute Gasteiger partial charge is 0.496 e. The van der Waals surface area contributed by atoms with Gasteiger partial charge in [0, 0.05) is 41.8 Å². The first-order valence-electron chi connectivity index (χ1n) is 6.06. The first kappa shape index (κ1) is 14.1. The molecule has 5 heteroatoms. The standard InChI is InChI=1S/C13H17BrN2O.ClH/c1-17-13-4-10(14)3-2-9(13)7-16-8-11-5-12(16)6-15-11;/h2-4,11-12,15H,5-8H2,1H3;1H/t11-,12?;/m0./s1. The third-order valence-corrected chi connectivity index (χ3v) is 4.29. The summed E-state index contributed by atoms with van der Waals surface area (Å²) in [4.78, 5) is 2.56. The van der Waals surface area contributed by atoms with Gasteiger partial charge >= 0.3 is 0 Å². The van der Waals surface area contributed by atoms with Crippen molar-refractivity contribution >= 4 is 28.3 Å². The lowest BCUT2D eigenvalue weighted by atomic mass is 10.1. The van der Waals surface area contributed by atoms with E-state index in [-0.39, 0.29) is 12.4 Å².